The van der Waals surface area contributed by atoms with Gasteiger partial charge in [0.25, 0.3) is 0 Å². The van der Waals surface area contributed by atoms with Gasteiger partial charge in [0.15, 0.2) is 11.6 Å². The molecule has 5 heteroatoms. The van der Waals surface area contributed by atoms with Gasteiger partial charge in [0.1, 0.15) is 0 Å². The lowest BCUT2D eigenvalue weighted by molar-refractivity contribution is 0.955. The highest BCUT2D eigenvalue weighted by atomic mass is 32.1. The van der Waals surface area contributed by atoms with E-state index >= 15 is 0 Å². The minimum atomic E-state index is 0.602. The van der Waals surface area contributed by atoms with Crippen LogP contribution in [-0.4, -0.2) is 19.5 Å². The zero-order valence-corrected chi connectivity index (χ0v) is 26.4. The summed E-state index contributed by atoms with van der Waals surface area (Å²) >= 11 is 1.83. The Labute approximate surface area is 276 Å². The molecule has 3 heterocycles. The molecule has 0 aliphatic heterocycles. The van der Waals surface area contributed by atoms with Gasteiger partial charge in [0, 0.05) is 37.4 Å². The molecule has 0 saturated heterocycles. The molecule has 0 amide bonds. The number of fused-ring (bicyclic) bond motifs is 7. The van der Waals surface area contributed by atoms with E-state index in [4.69, 9.17) is 15.0 Å². The van der Waals surface area contributed by atoms with Crippen molar-refractivity contribution < 1.29 is 0 Å². The summed E-state index contributed by atoms with van der Waals surface area (Å²) in [4.78, 5) is 15.4. The molecule has 9 aromatic rings. The van der Waals surface area contributed by atoms with Gasteiger partial charge in [-0.05, 0) is 47.9 Å². The van der Waals surface area contributed by atoms with Crippen molar-refractivity contribution in [3.8, 4) is 39.9 Å². The van der Waals surface area contributed by atoms with Gasteiger partial charge in [-0.25, -0.2) is 4.98 Å². The SMILES string of the molecule is C/C=C/c1ccc2sc3c(ccc4c5cc(-c6ccccc6)ccc5n(-c5nc(-c6ccccc6)nc(-c6ccccc6)n5)c43)c2c1. The molecular formula is C42H28N4S. The Hall–Kier alpha value is -5.91. The maximum absolute atomic E-state index is 5.19. The van der Waals surface area contributed by atoms with Gasteiger partial charge in [-0.1, -0.05) is 127 Å². The van der Waals surface area contributed by atoms with Crippen molar-refractivity contribution >= 4 is 59.4 Å². The predicted octanol–water partition coefficient (Wildman–Crippen LogP) is 11.4. The largest absolute Gasteiger partial charge is 0.276 e. The van der Waals surface area contributed by atoms with E-state index in [-0.39, 0.29) is 0 Å². The highest BCUT2D eigenvalue weighted by Gasteiger charge is 2.21. The molecule has 222 valence electrons. The summed E-state index contributed by atoms with van der Waals surface area (Å²) in [6, 6.07) is 48.9. The molecule has 6 aromatic carbocycles. The van der Waals surface area contributed by atoms with E-state index in [2.05, 4.69) is 127 Å². The highest BCUT2D eigenvalue weighted by molar-refractivity contribution is 7.26. The van der Waals surface area contributed by atoms with Crippen LogP contribution in [0.5, 0.6) is 0 Å². The van der Waals surface area contributed by atoms with Crippen LogP contribution in [0.3, 0.4) is 0 Å². The molecule has 0 aliphatic carbocycles. The predicted molar refractivity (Wildman–Crippen MR) is 198 cm³/mol. The molecule has 4 nitrogen and oxygen atoms in total. The maximum Gasteiger partial charge on any atom is 0.238 e. The topological polar surface area (TPSA) is 43.6 Å². The molecule has 3 aromatic heterocycles. The van der Waals surface area contributed by atoms with Gasteiger partial charge in [-0.2, -0.15) is 9.97 Å². The molecule has 0 atom stereocenters. The summed E-state index contributed by atoms with van der Waals surface area (Å²) in [7, 11) is 0. The fraction of sp³-hybridized carbons (Fsp3) is 0.0238. The Bertz CT molecular complexity index is 2560. The Balaban J connectivity index is 1.41. The van der Waals surface area contributed by atoms with Crippen LogP contribution in [0.2, 0.25) is 0 Å². The van der Waals surface area contributed by atoms with Crippen LogP contribution in [0.15, 0.2) is 146 Å². The second kappa shape index (κ2) is 11.2. The number of aromatic nitrogens is 4. The van der Waals surface area contributed by atoms with Crippen molar-refractivity contribution in [2.24, 2.45) is 0 Å². The molecule has 0 radical (unpaired) electrons. The summed E-state index contributed by atoms with van der Waals surface area (Å²) in [5.74, 6) is 1.89. The monoisotopic (exact) mass is 620 g/mol. The fourth-order valence-corrected chi connectivity index (χ4v) is 7.78. The first kappa shape index (κ1) is 27.4. The summed E-state index contributed by atoms with van der Waals surface area (Å²) in [5, 5.41) is 4.83. The fourth-order valence-electron chi connectivity index (χ4n) is 6.56. The molecule has 0 saturated carbocycles. The van der Waals surface area contributed by atoms with E-state index in [1.807, 2.05) is 47.7 Å². The first-order valence-electron chi connectivity index (χ1n) is 15.7. The molecule has 0 N–H and O–H groups in total. The normalized spacial score (nSPS) is 11.9. The van der Waals surface area contributed by atoms with E-state index in [9.17, 15) is 0 Å². The molecule has 9 rings (SSSR count). The lowest BCUT2D eigenvalue weighted by atomic mass is 10.0. The number of rotatable bonds is 5. The van der Waals surface area contributed by atoms with Crippen LogP contribution < -0.4 is 0 Å². The molecule has 0 unspecified atom stereocenters. The minimum absolute atomic E-state index is 0.602. The van der Waals surface area contributed by atoms with Crippen molar-refractivity contribution in [1.82, 2.24) is 19.5 Å². The van der Waals surface area contributed by atoms with E-state index in [0.29, 0.717) is 17.6 Å². The van der Waals surface area contributed by atoms with Gasteiger partial charge in [-0.3, -0.25) is 4.57 Å². The molecule has 47 heavy (non-hydrogen) atoms. The van der Waals surface area contributed by atoms with Crippen molar-refractivity contribution in [1.29, 1.82) is 0 Å². The number of hydrogen-bond donors (Lipinski definition) is 0. The van der Waals surface area contributed by atoms with Gasteiger partial charge >= 0.3 is 0 Å². The standard InChI is InChI=1S/C42H28N4S/c1-2-12-27-19-24-37-35(25-27)33-22-21-32-34-26-31(28-13-6-3-7-14-28)20-23-36(34)46(38(32)39(33)47-37)42-44-40(29-15-8-4-9-16-29)43-41(45-42)30-17-10-5-11-18-30/h2-26H,1H3/b12-2+. The maximum atomic E-state index is 5.19. The van der Waals surface area contributed by atoms with E-state index in [0.717, 1.165) is 22.2 Å². The first-order chi connectivity index (χ1) is 23.2. The van der Waals surface area contributed by atoms with Crippen molar-refractivity contribution in [3.63, 3.8) is 0 Å². The van der Waals surface area contributed by atoms with Gasteiger partial charge < -0.3 is 0 Å². The molecule has 0 spiro atoms. The first-order valence-corrected chi connectivity index (χ1v) is 16.6. The lowest BCUT2D eigenvalue weighted by Crippen LogP contribution is -2.06. The van der Waals surface area contributed by atoms with Crippen molar-refractivity contribution in [2.45, 2.75) is 6.92 Å². The zero-order chi connectivity index (χ0) is 31.3. The zero-order valence-electron chi connectivity index (χ0n) is 25.6. The Morgan fingerprint density at radius 2 is 1.17 bits per heavy atom. The minimum Gasteiger partial charge on any atom is -0.276 e. The van der Waals surface area contributed by atoms with Crippen LogP contribution in [0.4, 0.5) is 0 Å². The van der Waals surface area contributed by atoms with Crippen LogP contribution in [0, 0.1) is 0 Å². The van der Waals surface area contributed by atoms with E-state index in [1.165, 1.54) is 47.6 Å². The van der Waals surface area contributed by atoms with Crippen molar-refractivity contribution in [2.75, 3.05) is 0 Å². The summed E-state index contributed by atoms with van der Waals surface area (Å²) in [5.41, 5.74) is 7.63. The third-order valence-corrected chi connectivity index (χ3v) is 9.94. The summed E-state index contributed by atoms with van der Waals surface area (Å²) < 4.78 is 4.73. The molecular weight excluding hydrogens is 593 g/mol. The third-order valence-electron chi connectivity index (χ3n) is 8.74. The Morgan fingerprint density at radius 3 is 1.83 bits per heavy atom. The van der Waals surface area contributed by atoms with Gasteiger partial charge in [0.05, 0.1) is 15.7 Å². The average Bonchev–Trinajstić information content (AvgIpc) is 3.68. The highest BCUT2D eigenvalue weighted by Crippen LogP contribution is 2.44. The quantitative estimate of drug-likeness (QED) is 0.192. The summed E-state index contributed by atoms with van der Waals surface area (Å²) in [6.45, 7) is 2.06. The second-order valence-electron chi connectivity index (χ2n) is 11.6. The average molecular weight is 621 g/mol. The Morgan fingerprint density at radius 1 is 0.532 bits per heavy atom. The van der Waals surface area contributed by atoms with Crippen LogP contribution in [0.25, 0.3) is 87.9 Å². The van der Waals surface area contributed by atoms with E-state index < -0.39 is 0 Å². The molecule has 0 aliphatic rings. The number of hydrogen-bond acceptors (Lipinski definition) is 4. The second-order valence-corrected chi connectivity index (χ2v) is 12.7. The lowest BCUT2D eigenvalue weighted by Gasteiger charge is -2.11. The third kappa shape index (κ3) is 4.63. The van der Waals surface area contributed by atoms with Gasteiger partial charge in [-0.15, -0.1) is 11.3 Å². The molecule has 0 fully saturated rings. The number of allylic oxidation sites excluding steroid dienone is 1. The van der Waals surface area contributed by atoms with Gasteiger partial charge in [0.2, 0.25) is 5.95 Å². The van der Waals surface area contributed by atoms with Crippen molar-refractivity contribution in [3.05, 3.63) is 151 Å². The van der Waals surface area contributed by atoms with E-state index in [1.54, 1.807) is 0 Å². The number of thiophene rings is 1. The van der Waals surface area contributed by atoms with Crippen LogP contribution in [-0.2, 0) is 0 Å². The summed E-state index contributed by atoms with van der Waals surface area (Å²) in [6.07, 6.45) is 4.25. The van der Waals surface area contributed by atoms with Crippen LogP contribution in [0.1, 0.15) is 12.5 Å². The number of benzene rings is 6. The smallest absolute Gasteiger partial charge is 0.238 e. The molecule has 0 bridgehead atoms. The number of nitrogens with zero attached hydrogens (tertiary/aromatic N) is 4. The Kier molecular flexibility index (Phi) is 6.51. The van der Waals surface area contributed by atoms with Crippen LogP contribution >= 0.6 is 11.3 Å².